The zero-order valence-corrected chi connectivity index (χ0v) is 17.7. The van der Waals surface area contributed by atoms with Crippen molar-refractivity contribution in [3.8, 4) is 22.3 Å². The number of ether oxygens (including phenoxy) is 1. The molecule has 0 saturated heterocycles. The largest absolute Gasteiger partial charge is 0.464 e. The molecular weight excluding hydrogens is 396 g/mol. The third kappa shape index (κ3) is 3.66. The number of aromatic nitrogens is 2. The average Bonchev–Trinajstić information content (AvgIpc) is 3.22. The summed E-state index contributed by atoms with van der Waals surface area (Å²) >= 11 is 1.43. The van der Waals surface area contributed by atoms with Gasteiger partial charge in [-0.25, -0.2) is 9.78 Å². The second-order valence-corrected chi connectivity index (χ2v) is 7.76. The molecule has 0 aliphatic carbocycles. The molecule has 6 heteroatoms. The van der Waals surface area contributed by atoms with Gasteiger partial charge in [0, 0.05) is 10.9 Å². The lowest BCUT2D eigenvalue weighted by Crippen LogP contribution is -2.31. The van der Waals surface area contributed by atoms with E-state index in [2.05, 4.69) is 29.2 Å². The van der Waals surface area contributed by atoms with Crippen molar-refractivity contribution in [2.45, 2.75) is 26.3 Å². The molecule has 1 atom stereocenters. The molecule has 0 aliphatic heterocycles. The second-order valence-electron chi connectivity index (χ2n) is 6.91. The average molecular weight is 419 g/mol. The predicted octanol–water partition coefficient (Wildman–Crippen LogP) is 5.31. The lowest BCUT2D eigenvalue weighted by atomic mass is 10.0. The van der Waals surface area contributed by atoms with Gasteiger partial charge >= 0.3 is 5.97 Å². The van der Waals surface area contributed by atoms with Crippen LogP contribution in [0.25, 0.3) is 32.5 Å². The van der Waals surface area contributed by atoms with Crippen LogP contribution in [0.1, 0.15) is 26.3 Å². The molecule has 0 fully saturated rings. The van der Waals surface area contributed by atoms with Crippen molar-refractivity contribution in [2.75, 3.05) is 6.61 Å². The van der Waals surface area contributed by atoms with Gasteiger partial charge in [-0.1, -0.05) is 61.5 Å². The van der Waals surface area contributed by atoms with Gasteiger partial charge in [-0.05, 0) is 30.0 Å². The molecule has 0 saturated carbocycles. The van der Waals surface area contributed by atoms with Gasteiger partial charge < -0.3 is 4.74 Å². The van der Waals surface area contributed by atoms with Crippen LogP contribution >= 0.6 is 11.3 Å². The fourth-order valence-electron chi connectivity index (χ4n) is 3.57. The van der Waals surface area contributed by atoms with Gasteiger partial charge in [0.1, 0.15) is 10.9 Å². The van der Waals surface area contributed by atoms with E-state index in [9.17, 15) is 9.59 Å². The van der Waals surface area contributed by atoms with Gasteiger partial charge in [0.2, 0.25) is 0 Å². The number of esters is 1. The Kier molecular flexibility index (Phi) is 5.77. The first-order chi connectivity index (χ1) is 14.6. The quantitative estimate of drug-likeness (QED) is 0.398. The number of carbonyl (C=O) groups is 1. The number of carbonyl (C=O) groups excluding carboxylic acids is 1. The van der Waals surface area contributed by atoms with Crippen molar-refractivity contribution in [1.29, 1.82) is 0 Å². The number of thiophene rings is 1. The molecule has 2 aromatic carbocycles. The van der Waals surface area contributed by atoms with Crippen LogP contribution in [-0.4, -0.2) is 22.1 Å². The maximum Gasteiger partial charge on any atom is 0.329 e. The molecule has 0 bridgehead atoms. The fourth-order valence-corrected chi connectivity index (χ4v) is 4.47. The highest BCUT2D eigenvalue weighted by molar-refractivity contribution is 7.17. The minimum Gasteiger partial charge on any atom is -0.464 e. The van der Waals surface area contributed by atoms with E-state index in [0.717, 1.165) is 22.3 Å². The van der Waals surface area contributed by atoms with Crippen LogP contribution in [0, 0.1) is 0 Å². The number of hydrogen-bond acceptors (Lipinski definition) is 5. The Balaban J connectivity index is 1.77. The third-order valence-corrected chi connectivity index (χ3v) is 5.99. The SMILES string of the molecule is CCOC(=O)C(CC)n1cnc2scc(-c3ccc(-c4ccccc4)cc3)c2c1=O. The molecule has 2 aromatic heterocycles. The van der Waals surface area contributed by atoms with Crippen LogP contribution in [0.4, 0.5) is 0 Å². The molecule has 4 aromatic rings. The first kappa shape index (κ1) is 20.0. The monoisotopic (exact) mass is 418 g/mol. The zero-order valence-electron chi connectivity index (χ0n) is 16.9. The number of rotatable bonds is 6. The predicted molar refractivity (Wildman–Crippen MR) is 121 cm³/mol. The lowest BCUT2D eigenvalue weighted by Gasteiger charge is -2.16. The van der Waals surface area contributed by atoms with E-state index in [0.29, 0.717) is 16.6 Å². The number of hydrogen-bond donors (Lipinski definition) is 0. The highest BCUT2D eigenvalue weighted by Gasteiger charge is 2.23. The fraction of sp³-hybridized carbons (Fsp3) is 0.208. The molecule has 0 amide bonds. The van der Waals surface area contributed by atoms with Crippen molar-refractivity contribution >= 4 is 27.5 Å². The maximum absolute atomic E-state index is 13.3. The van der Waals surface area contributed by atoms with Gasteiger partial charge in [0.25, 0.3) is 5.56 Å². The Morgan fingerprint density at radius 3 is 2.37 bits per heavy atom. The van der Waals surface area contributed by atoms with E-state index >= 15 is 0 Å². The highest BCUT2D eigenvalue weighted by atomic mass is 32.1. The maximum atomic E-state index is 13.3. The van der Waals surface area contributed by atoms with Crippen LogP contribution in [0.5, 0.6) is 0 Å². The summed E-state index contributed by atoms with van der Waals surface area (Å²) in [6.45, 7) is 3.89. The van der Waals surface area contributed by atoms with Crippen LogP contribution in [0.2, 0.25) is 0 Å². The van der Waals surface area contributed by atoms with E-state index in [1.165, 1.54) is 22.2 Å². The Morgan fingerprint density at radius 1 is 1.03 bits per heavy atom. The van der Waals surface area contributed by atoms with E-state index in [1.54, 1.807) is 6.92 Å². The normalized spacial score (nSPS) is 12.1. The van der Waals surface area contributed by atoms with Gasteiger partial charge in [0.05, 0.1) is 18.3 Å². The van der Waals surface area contributed by atoms with Gasteiger partial charge in [-0.15, -0.1) is 11.3 Å². The van der Waals surface area contributed by atoms with Crippen LogP contribution in [-0.2, 0) is 9.53 Å². The third-order valence-electron chi connectivity index (χ3n) is 5.10. The van der Waals surface area contributed by atoms with Gasteiger partial charge in [-0.3, -0.25) is 9.36 Å². The van der Waals surface area contributed by atoms with Crippen molar-refractivity contribution in [3.63, 3.8) is 0 Å². The van der Waals surface area contributed by atoms with Gasteiger partial charge in [0.15, 0.2) is 0 Å². The summed E-state index contributed by atoms with van der Waals surface area (Å²) in [6.07, 6.45) is 1.91. The Bertz CT molecular complexity index is 1230. The van der Waals surface area contributed by atoms with E-state index < -0.39 is 12.0 Å². The van der Waals surface area contributed by atoms with E-state index in [4.69, 9.17) is 4.74 Å². The van der Waals surface area contributed by atoms with Crippen molar-refractivity contribution < 1.29 is 9.53 Å². The standard InChI is InChI=1S/C24H22N2O3S/c1-3-20(24(28)29-4-2)26-15-25-22-21(23(26)27)19(14-30-22)18-12-10-17(11-13-18)16-8-6-5-7-9-16/h5-15,20H,3-4H2,1-2H3. The topological polar surface area (TPSA) is 61.2 Å². The number of nitrogens with zero attached hydrogens (tertiary/aromatic N) is 2. The smallest absolute Gasteiger partial charge is 0.329 e. The van der Waals surface area contributed by atoms with Crippen LogP contribution in [0.15, 0.2) is 71.1 Å². The summed E-state index contributed by atoms with van der Waals surface area (Å²) in [7, 11) is 0. The molecule has 2 heterocycles. The molecule has 1 unspecified atom stereocenters. The summed E-state index contributed by atoms with van der Waals surface area (Å²) in [5.41, 5.74) is 3.82. The summed E-state index contributed by atoms with van der Waals surface area (Å²) in [5.74, 6) is -0.410. The first-order valence-corrected chi connectivity index (χ1v) is 10.8. The van der Waals surface area contributed by atoms with E-state index in [-0.39, 0.29) is 12.2 Å². The summed E-state index contributed by atoms with van der Waals surface area (Å²) in [6, 6.07) is 17.6. The Hall–Kier alpha value is -3.25. The Labute approximate surface area is 178 Å². The first-order valence-electron chi connectivity index (χ1n) is 9.94. The number of benzene rings is 2. The molecule has 0 radical (unpaired) electrons. The zero-order chi connectivity index (χ0) is 21.1. The molecule has 0 aliphatic rings. The molecular formula is C24H22N2O3S. The Morgan fingerprint density at radius 2 is 1.70 bits per heavy atom. The van der Waals surface area contributed by atoms with E-state index in [1.807, 2.05) is 42.6 Å². The minimum absolute atomic E-state index is 0.219. The summed E-state index contributed by atoms with van der Waals surface area (Å²) in [5, 5.41) is 2.49. The van der Waals surface area contributed by atoms with Crippen molar-refractivity contribution in [3.05, 3.63) is 76.7 Å². The second kappa shape index (κ2) is 8.63. The molecule has 4 rings (SSSR count). The van der Waals surface area contributed by atoms with Crippen LogP contribution < -0.4 is 5.56 Å². The minimum atomic E-state index is -0.678. The molecule has 5 nitrogen and oxygen atoms in total. The lowest BCUT2D eigenvalue weighted by molar-refractivity contribution is -0.147. The number of fused-ring (bicyclic) bond motifs is 1. The van der Waals surface area contributed by atoms with Gasteiger partial charge in [-0.2, -0.15) is 0 Å². The summed E-state index contributed by atoms with van der Waals surface area (Å²) in [4.78, 5) is 30.7. The molecule has 152 valence electrons. The molecule has 0 spiro atoms. The highest BCUT2D eigenvalue weighted by Crippen LogP contribution is 2.32. The van der Waals surface area contributed by atoms with Crippen molar-refractivity contribution in [2.24, 2.45) is 0 Å². The van der Waals surface area contributed by atoms with Crippen molar-refractivity contribution in [1.82, 2.24) is 9.55 Å². The summed E-state index contributed by atoms with van der Waals surface area (Å²) < 4.78 is 6.54. The molecule has 30 heavy (non-hydrogen) atoms. The van der Waals surface area contributed by atoms with Crippen LogP contribution in [0.3, 0.4) is 0 Å². The molecule has 0 N–H and O–H groups in total.